The molecule has 0 bridgehead atoms. The van der Waals surface area contributed by atoms with Crippen LogP contribution in [0.25, 0.3) is 0 Å². The summed E-state index contributed by atoms with van der Waals surface area (Å²) in [6.45, 7) is 7.49. The van der Waals surface area contributed by atoms with Gasteiger partial charge >= 0.3 is 6.09 Å². The molecule has 0 atom stereocenters. The smallest absolute Gasteiger partial charge is 0.407 e. The summed E-state index contributed by atoms with van der Waals surface area (Å²) in [7, 11) is 0. The third-order valence-corrected chi connectivity index (χ3v) is 4.74. The van der Waals surface area contributed by atoms with E-state index >= 15 is 0 Å². The van der Waals surface area contributed by atoms with Crippen LogP contribution in [0.2, 0.25) is 0 Å². The number of fused-ring (bicyclic) bond motifs is 1. The molecule has 0 saturated carbocycles. The van der Waals surface area contributed by atoms with Crippen LogP contribution in [0.1, 0.15) is 69.6 Å². The zero-order valence-electron chi connectivity index (χ0n) is 17.2. The van der Waals surface area contributed by atoms with Gasteiger partial charge in [0.05, 0.1) is 6.61 Å². The highest BCUT2D eigenvalue weighted by molar-refractivity contribution is 5.67. The molecule has 0 saturated heterocycles. The van der Waals surface area contributed by atoms with Gasteiger partial charge in [-0.2, -0.15) is 0 Å². The van der Waals surface area contributed by atoms with Gasteiger partial charge in [0.25, 0.3) is 0 Å². The molecule has 5 nitrogen and oxygen atoms in total. The van der Waals surface area contributed by atoms with Gasteiger partial charge in [0.15, 0.2) is 0 Å². The highest BCUT2D eigenvalue weighted by Gasteiger charge is 2.18. The highest BCUT2D eigenvalue weighted by atomic mass is 16.6. The molecular weight excluding hydrogens is 340 g/mol. The predicted octanol–water partition coefficient (Wildman–Crippen LogP) is 4.14. The van der Waals surface area contributed by atoms with Gasteiger partial charge in [-0.05, 0) is 101 Å². The van der Waals surface area contributed by atoms with Crippen LogP contribution in [0.3, 0.4) is 0 Å². The molecule has 0 spiro atoms. The first-order chi connectivity index (χ1) is 12.9. The number of benzene rings is 1. The molecule has 1 amide bonds. The zero-order chi connectivity index (χ0) is 19.7. The van der Waals surface area contributed by atoms with Crippen LogP contribution in [-0.2, 0) is 24.0 Å². The molecule has 1 aliphatic carbocycles. The number of hydrogen-bond acceptors (Lipinski definition) is 4. The molecule has 0 fully saturated rings. The van der Waals surface area contributed by atoms with Crippen LogP contribution < -0.4 is 15.8 Å². The van der Waals surface area contributed by atoms with Crippen molar-refractivity contribution in [3.63, 3.8) is 0 Å². The number of carbonyl (C=O) groups is 1. The fourth-order valence-corrected chi connectivity index (χ4v) is 3.50. The number of alkyl carbamates (subject to hydrolysis) is 1. The Balaban J connectivity index is 1.83. The molecule has 0 unspecified atom stereocenters. The van der Waals surface area contributed by atoms with Crippen LogP contribution in [-0.4, -0.2) is 31.4 Å². The van der Waals surface area contributed by atoms with E-state index in [0.29, 0.717) is 13.2 Å². The Morgan fingerprint density at radius 2 is 1.85 bits per heavy atom. The molecule has 0 aromatic heterocycles. The van der Waals surface area contributed by atoms with Crippen molar-refractivity contribution in [1.29, 1.82) is 0 Å². The molecule has 3 N–H and O–H groups in total. The van der Waals surface area contributed by atoms with Crippen molar-refractivity contribution in [3.05, 3.63) is 28.8 Å². The Morgan fingerprint density at radius 1 is 1.11 bits per heavy atom. The average Bonchev–Trinajstić information content (AvgIpc) is 2.61. The van der Waals surface area contributed by atoms with Crippen LogP contribution in [0.4, 0.5) is 4.79 Å². The number of carbonyl (C=O) groups excluding carboxylic acids is 1. The summed E-state index contributed by atoms with van der Waals surface area (Å²) in [6, 6.07) is 4.36. The molecule has 27 heavy (non-hydrogen) atoms. The van der Waals surface area contributed by atoms with E-state index in [1.807, 2.05) is 20.8 Å². The molecule has 1 aliphatic rings. The third kappa shape index (κ3) is 7.41. The first kappa shape index (κ1) is 21.5. The molecule has 5 heteroatoms. The van der Waals surface area contributed by atoms with Crippen molar-refractivity contribution >= 4 is 6.09 Å². The summed E-state index contributed by atoms with van der Waals surface area (Å²) in [6.07, 6.45) is 8.48. The molecule has 0 aliphatic heterocycles. The Morgan fingerprint density at radius 3 is 2.56 bits per heavy atom. The quantitative estimate of drug-likeness (QED) is 0.635. The fraction of sp³-hybridized carbons (Fsp3) is 0.682. The maximum atomic E-state index is 11.6. The van der Waals surface area contributed by atoms with E-state index in [1.54, 1.807) is 0 Å². The summed E-state index contributed by atoms with van der Waals surface area (Å²) in [5.41, 5.74) is 9.53. The van der Waals surface area contributed by atoms with Crippen molar-refractivity contribution in [3.8, 4) is 5.75 Å². The lowest BCUT2D eigenvalue weighted by Crippen LogP contribution is -2.33. The van der Waals surface area contributed by atoms with E-state index in [9.17, 15) is 4.79 Å². The van der Waals surface area contributed by atoms with Crippen LogP contribution in [0.5, 0.6) is 5.75 Å². The van der Waals surface area contributed by atoms with Crippen molar-refractivity contribution in [2.24, 2.45) is 5.73 Å². The van der Waals surface area contributed by atoms with Gasteiger partial charge in [0.2, 0.25) is 0 Å². The normalized spacial score (nSPS) is 13.8. The molecule has 0 heterocycles. The van der Waals surface area contributed by atoms with Crippen molar-refractivity contribution in [2.75, 3.05) is 19.7 Å². The highest BCUT2D eigenvalue weighted by Crippen LogP contribution is 2.33. The molecule has 1 aromatic carbocycles. The van der Waals surface area contributed by atoms with Gasteiger partial charge in [0, 0.05) is 6.54 Å². The molecule has 0 radical (unpaired) electrons. The lowest BCUT2D eigenvalue weighted by molar-refractivity contribution is 0.0525. The number of aryl methyl sites for hydroxylation is 1. The van der Waals surface area contributed by atoms with Crippen LogP contribution in [0, 0.1) is 0 Å². The monoisotopic (exact) mass is 376 g/mol. The maximum absolute atomic E-state index is 11.6. The Hall–Kier alpha value is -1.75. The maximum Gasteiger partial charge on any atom is 0.407 e. The van der Waals surface area contributed by atoms with Crippen molar-refractivity contribution < 1.29 is 14.3 Å². The first-order valence-electron chi connectivity index (χ1n) is 10.3. The Bertz CT molecular complexity index is 608. The number of rotatable bonds is 9. The fourth-order valence-electron chi connectivity index (χ4n) is 3.50. The Labute approximate surface area is 164 Å². The van der Waals surface area contributed by atoms with Gasteiger partial charge in [-0.3, -0.25) is 0 Å². The summed E-state index contributed by atoms with van der Waals surface area (Å²) in [4.78, 5) is 11.6. The van der Waals surface area contributed by atoms with Crippen LogP contribution in [0.15, 0.2) is 12.1 Å². The standard InChI is InChI=1S/C22H36N2O3/c1-22(2,3)27-21(25)24-15-8-16-26-20-13-12-17(9-6-7-14-23)18-10-4-5-11-19(18)20/h12-13H,4-11,14-16,23H2,1-3H3,(H,24,25). The number of ether oxygens (including phenoxy) is 2. The van der Waals surface area contributed by atoms with Gasteiger partial charge < -0.3 is 20.5 Å². The number of hydrogen-bond donors (Lipinski definition) is 2. The lowest BCUT2D eigenvalue weighted by atomic mass is 9.86. The minimum atomic E-state index is -0.467. The second-order valence-corrected chi connectivity index (χ2v) is 8.26. The number of nitrogens with two attached hydrogens (primary N) is 1. The van der Waals surface area contributed by atoms with Gasteiger partial charge in [0.1, 0.15) is 11.4 Å². The SMILES string of the molecule is CC(C)(C)OC(=O)NCCCOc1ccc(CCCCN)c2c1CCCC2. The zero-order valence-corrected chi connectivity index (χ0v) is 17.2. The van der Waals surface area contributed by atoms with Gasteiger partial charge in [-0.1, -0.05) is 6.07 Å². The van der Waals surface area contributed by atoms with E-state index in [4.69, 9.17) is 15.2 Å². The first-order valence-corrected chi connectivity index (χ1v) is 10.3. The summed E-state index contributed by atoms with van der Waals surface area (Å²) in [5.74, 6) is 1.02. The summed E-state index contributed by atoms with van der Waals surface area (Å²) in [5, 5.41) is 2.77. The van der Waals surface area contributed by atoms with E-state index in [1.165, 1.54) is 29.5 Å². The average molecular weight is 377 g/mol. The van der Waals surface area contributed by atoms with Crippen LogP contribution >= 0.6 is 0 Å². The van der Waals surface area contributed by atoms with E-state index in [2.05, 4.69) is 17.4 Å². The van der Waals surface area contributed by atoms with Crippen molar-refractivity contribution in [2.45, 2.75) is 77.7 Å². The third-order valence-electron chi connectivity index (χ3n) is 4.74. The number of unbranched alkanes of at least 4 members (excludes halogenated alkanes) is 1. The van der Waals surface area contributed by atoms with Crippen molar-refractivity contribution in [1.82, 2.24) is 5.32 Å². The largest absolute Gasteiger partial charge is 0.493 e. The Kier molecular flexibility index (Phi) is 8.42. The van der Waals surface area contributed by atoms with E-state index in [-0.39, 0.29) is 6.09 Å². The van der Waals surface area contributed by atoms with E-state index < -0.39 is 5.60 Å². The minimum absolute atomic E-state index is 0.373. The summed E-state index contributed by atoms with van der Waals surface area (Å²) < 4.78 is 11.3. The molecular formula is C22H36N2O3. The molecule has 1 aromatic rings. The van der Waals surface area contributed by atoms with E-state index in [0.717, 1.165) is 50.8 Å². The topological polar surface area (TPSA) is 73.6 Å². The van der Waals surface area contributed by atoms with Gasteiger partial charge in [-0.25, -0.2) is 4.79 Å². The molecule has 2 rings (SSSR count). The number of amides is 1. The molecule has 152 valence electrons. The predicted molar refractivity (Wildman–Crippen MR) is 109 cm³/mol. The lowest BCUT2D eigenvalue weighted by Gasteiger charge is -2.23. The second-order valence-electron chi connectivity index (χ2n) is 8.26. The minimum Gasteiger partial charge on any atom is -0.493 e. The second kappa shape index (κ2) is 10.5. The number of nitrogens with one attached hydrogen (secondary N) is 1. The summed E-state index contributed by atoms with van der Waals surface area (Å²) >= 11 is 0. The van der Waals surface area contributed by atoms with Gasteiger partial charge in [-0.15, -0.1) is 0 Å².